The first-order valence-electron chi connectivity index (χ1n) is 8.06. The van der Waals surface area contributed by atoms with Crippen LogP contribution in [0.5, 0.6) is 0 Å². The van der Waals surface area contributed by atoms with E-state index in [0.717, 1.165) is 37.1 Å². The Kier molecular flexibility index (Phi) is 3.23. The fourth-order valence-corrected chi connectivity index (χ4v) is 3.41. The first kappa shape index (κ1) is 14.4. The summed E-state index contributed by atoms with van der Waals surface area (Å²) in [6.07, 6.45) is 2.56. The minimum absolute atomic E-state index is 0.0574. The molecule has 0 radical (unpaired) electrons. The quantitative estimate of drug-likeness (QED) is 0.759. The maximum absolute atomic E-state index is 12.7. The van der Waals surface area contributed by atoms with E-state index in [1.54, 1.807) is 18.2 Å². The molecule has 0 spiro atoms. The van der Waals surface area contributed by atoms with Crippen molar-refractivity contribution in [3.63, 3.8) is 0 Å². The average Bonchev–Trinajstić information content (AvgIpc) is 3.41. The number of imide groups is 1. The summed E-state index contributed by atoms with van der Waals surface area (Å²) in [5.74, 6) is -0.696. The topological polar surface area (TPSA) is 60.9 Å². The zero-order valence-corrected chi connectivity index (χ0v) is 13.1. The van der Waals surface area contributed by atoms with Crippen molar-refractivity contribution in [1.82, 2.24) is 14.7 Å². The highest BCUT2D eigenvalue weighted by Crippen LogP contribution is 2.28. The molecule has 1 aliphatic carbocycles. The third-order valence-electron chi connectivity index (χ3n) is 5.00. The summed E-state index contributed by atoms with van der Waals surface area (Å²) in [6, 6.07) is 5.53. The van der Waals surface area contributed by atoms with Crippen LogP contribution in [0.4, 0.5) is 0 Å². The van der Waals surface area contributed by atoms with Crippen molar-refractivity contribution in [3.8, 4) is 0 Å². The van der Waals surface area contributed by atoms with Crippen LogP contribution in [0.25, 0.3) is 0 Å². The summed E-state index contributed by atoms with van der Waals surface area (Å²) in [4.78, 5) is 42.0. The molecule has 2 heterocycles. The van der Waals surface area contributed by atoms with Crippen LogP contribution in [0.3, 0.4) is 0 Å². The Morgan fingerprint density at radius 3 is 2.30 bits per heavy atom. The van der Waals surface area contributed by atoms with Gasteiger partial charge in [-0.15, -0.1) is 0 Å². The maximum atomic E-state index is 12.7. The molecule has 0 aromatic heterocycles. The zero-order valence-electron chi connectivity index (χ0n) is 13.1. The second-order valence-corrected chi connectivity index (χ2v) is 6.49. The molecule has 0 N–H and O–H groups in total. The monoisotopic (exact) mass is 313 g/mol. The Bertz CT molecular complexity index is 703. The highest BCUT2D eigenvalue weighted by atomic mass is 16.2. The van der Waals surface area contributed by atoms with Crippen molar-refractivity contribution < 1.29 is 14.4 Å². The predicted molar refractivity (Wildman–Crippen MR) is 83.4 cm³/mol. The summed E-state index contributed by atoms with van der Waals surface area (Å²) in [7, 11) is 1.46. The molecule has 1 saturated carbocycles. The third kappa shape index (κ3) is 2.34. The second kappa shape index (κ2) is 5.16. The number of amides is 3. The van der Waals surface area contributed by atoms with Gasteiger partial charge in [0.05, 0.1) is 11.1 Å². The minimum Gasteiger partial charge on any atom is -0.336 e. The first-order chi connectivity index (χ1) is 11.1. The molecule has 3 aliphatic rings. The smallest absolute Gasteiger partial charge is 0.261 e. The number of carbonyl (C=O) groups is 3. The van der Waals surface area contributed by atoms with Crippen molar-refractivity contribution >= 4 is 17.7 Å². The normalized spacial score (nSPS) is 21.8. The number of nitrogens with zero attached hydrogens (tertiary/aromatic N) is 3. The largest absolute Gasteiger partial charge is 0.336 e. The Morgan fingerprint density at radius 1 is 1.00 bits per heavy atom. The van der Waals surface area contributed by atoms with Crippen molar-refractivity contribution in [2.75, 3.05) is 33.2 Å². The van der Waals surface area contributed by atoms with Crippen LogP contribution < -0.4 is 0 Å². The van der Waals surface area contributed by atoms with E-state index in [-0.39, 0.29) is 17.7 Å². The second-order valence-electron chi connectivity index (χ2n) is 6.49. The van der Waals surface area contributed by atoms with Crippen LogP contribution >= 0.6 is 0 Å². The summed E-state index contributed by atoms with van der Waals surface area (Å²) >= 11 is 0. The molecule has 23 heavy (non-hydrogen) atoms. The van der Waals surface area contributed by atoms with Gasteiger partial charge in [-0.05, 0) is 31.0 Å². The Hall–Kier alpha value is -2.21. The van der Waals surface area contributed by atoms with Gasteiger partial charge in [0.25, 0.3) is 17.7 Å². The number of hydrogen-bond acceptors (Lipinski definition) is 4. The van der Waals surface area contributed by atoms with Crippen LogP contribution in [0.2, 0.25) is 0 Å². The van der Waals surface area contributed by atoms with Crippen molar-refractivity contribution in [3.05, 3.63) is 34.9 Å². The lowest BCUT2D eigenvalue weighted by Gasteiger charge is -2.34. The average molecular weight is 313 g/mol. The number of fused-ring (bicyclic) bond motifs is 1. The van der Waals surface area contributed by atoms with E-state index in [1.165, 1.54) is 19.9 Å². The summed E-state index contributed by atoms with van der Waals surface area (Å²) in [5, 5.41) is 0. The van der Waals surface area contributed by atoms with Crippen LogP contribution in [0.15, 0.2) is 18.2 Å². The molecule has 0 atom stereocenters. The molecular formula is C17H19N3O3. The number of hydrogen-bond donors (Lipinski definition) is 0. The van der Waals surface area contributed by atoms with Gasteiger partial charge in [0.15, 0.2) is 0 Å². The molecule has 1 saturated heterocycles. The Labute approximate surface area is 134 Å². The molecule has 4 rings (SSSR count). The highest BCUT2D eigenvalue weighted by Gasteiger charge is 2.35. The van der Waals surface area contributed by atoms with Crippen molar-refractivity contribution in [2.45, 2.75) is 18.9 Å². The van der Waals surface area contributed by atoms with Gasteiger partial charge in [-0.1, -0.05) is 0 Å². The van der Waals surface area contributed by atoms with E-state index in [9.17, 15) is 14.4 Å². The molecule has 3 amide bonds. The Morgan fingerprint density at radius 2 is 1.65 bits per heavy atom. The summed E-state index contributed by atoms with van der Waals surface area (Å²) < 4.78 is 0. The maximum Gasteiger partial charge on any atom is 0.261 e. The van der Waals surface area contributed by atoms with Crippen LogP contribution in [0, 0.1) is 0 Å². The van der Waals surface area contributed by atoms with Gasteiger partial charge in [-0.25, -0.2) is 0 Å². The molecule has 1 aromatic rings. The number of rotatable bonds is 2. The molecule has 6 heteroatoms. The number of piperazine rings is 1. The molecule has 0 bridgehead atoms. The van der Waals surface area contributed by atoms with Gasteiger partial charge in [-0.2, -0.15) is 0 Å². The van der Waals surface area contributed by atoms with E-state index in [1.807, 2.05) is 4.90 Å². The van der Waals surface area contributed by atoms with Gasteiger partial charge in [-0.3, -0.25) is 24.2 Å². The van der Waals surface area contributed by atoms with E-state index in [0.29, 0.717) is 16.7 Å². The first-order valence-corrected chi connectivity index (χ1v) is 8.06. The van der Waals surface area contributed by atoms with Crippen molar-refractivity contribution in [2.24, 2.45) is 0 Å². The SMILES string of the molecule is CN1C(=O)c2ccc(C(=O)N3CCN(C4CC4)CC3)cc2C1=O. The lowest BCUT2D eigenvalue weighted by atomic mass is 10.0. The number of carbonyl (C=O) groups excluding carboxylic acids is 3. The fraction of sp³-hybridized carbons (Fsp3) is 0.471. The van der Waals surface area contributed by atoms with Crippen LogP contribution in [0.1, 0.15) is 43.9 Å². The summed E-state index contributed by atoms with van der Waals surface area (Å²) in [6.45, 7) is 3.28. The molecule has 2 fully saturated rings. The van der Waals surface area contributed by atoms with Crippen molar-refractivity contribution in [1.29, 1.82) is 0 Å². The van der Waals surface area contributed by atoms with Gasteiger partial charge >= 0.3 is 0 Å². The standard InChI is InChI=1S/C17H19N3O3/c1-18-16(22)13-5-2-11(10-14(13)17(18)23)15(21)20-8-6-19(7-9-20)12-3-4-12/h2,5,10,12H,3-4,6-9H2,1H3. The third-order valence-corrected chi connectivity index (χ3v) is 5.00. The fourth-order valence-electron chi connectivity index (χ4n) is 3.41. The van der Waals surface area contributed by atoms with E-state index < -0.39 is 0 Å². The minimum atomic E-state index is -0.335. The van der Waals surface area contributed by atoms with Crippen LogP contribution in [-0.2, 0) is 0 Å². The summed E-state index contributed by atoms with van der Waals surface area (Å²) in [5.41, 5.74) is 1.20. The lowest BCUT2D eigenvalue weighted by molar-refractivity contribution is 0.0626. The molecule has 2 aliphatic heterocycles. The lowest BCUT2D eigenvalue weighted by Crippen LogP contribution is -2.49. The van der Waals surface area contributed by atoms with Gasteiger partial charge < -0.3 is 4.90 Å². The predicted octanol–water partition coefficient (Wildman–Crippen LogP) is 0.833. The van der Waals surface area contributed by atoms with Gasteiger partial charge in [0.1, 0.15) is 0 Å². The Balaban J connectivity index is 1.51. The zero-order chi connectivity index (χ0) is 16.1. The molecular weight excluding hydrogens is 294 g/mol. The molecule has 120 valence electrons. The number of benzene rings is 1. The van der Waals surface area contributed by atoms with Gasteiger partial charge in [0.2, 0.25) is 0 Å². The highest BCUT2D eigenvalue weighted by molar-refractivity contribution is 6.21. The van der Waals surface area contributed by atoms with E-state index in [4.69, 9.17) is 0 Å². The van der Waals surface area contributed by atoms with Gasteiger partial charge in [0, 0.05) is 44.8 Å². The van der Waals surface area contributed by atoms with E-state index in [2.05, 4.69) is 4.90 Å². The van der Waals surface area contributed by atoms with E-state index >= 15 is 0 Å². The molecule has 1 aromatic carbocycles. The van der Waals surface area contributed by atoms with Crippen LogP contribution in [-0.4, -0.2) is 71.7 Å². The molecule has 0 unspecified atom stereocenters. The molecule has 6 nitrogen and oxygen atoms in total.